The van der Waals surface area contributed by atoms with Gasteiger partial charge in [0.2, 0.25) is 0 Å². The zero-order valence-electron chi connectivity index (χ0n) is 12.0. The average molecular weight is 339 g/mol. The maximum atomic E-state index is 12.4. The van der Waals surface area contributed by atoms with Crippen molar-refractivity contribution >= 4 is 21.8 Å². The van der Waals surface area contributed by atoms with Gasteiger partial charge in [0.05, 0.1) is 0 Å². The van der Waals surface area contributed by atoms with Crippen LogP contribution in [-0.4, -0.2) is 18.5 Å². The average Bonchev–Trinajstić information content (AvgIpc) is 2.48. The van der Waals surface area contributed by atoms with Crippen LogP contribution in [0.5, 0.6) is 0 Å². The summed E-state index contributed by atoms with van der Waals surface area (Å²) in [5.74, 6) is 0.523. The summed E-state index contributed by atoms with van der Waals surface area (Å²) in [5, 5.41) is 3.14. The van der Waals surface area contributed by atoms with Crippen LogP contribution in [0.2, 0.25) is 0 Å². The van der Waals surface area contributed by atoms with Crippen LogP contribution in [0.3, 0.4) is 0 Å². The molecule has 0 aliphatic heterocycles. The van der Waals surface area contributed by atoms with Gasteiger partial charge in [0.25, 0.3) is 5.91 Å². The second-order valence-electron chi connectivity index (χ2n) is 5.63. The number of rotatable bonds is 4. The molecular formula is C16H23BrN2O. The van der Waals surface area contributed by atoms with E-state index in [1.165, 1.54) is 32.1 Å². The van der Waals surface area contributed by atoms with Crippen LogP contribution >= 0.6 is 15.9 Å². The molecule has 1 saturated carbocycles. The molecule has 1 fully saturated rings. The predicted octanol–water partition coefficient (Wildman–Crippen LogP) is 3.39. The van der Waals surface area contributed by atoms with Gasteiger partial charge in [-0.2, -0.15) is 0 Å². The topological polar surface area (TPSA) is 55.1 Å². The van der Waals surface area contributed by atoms with Gasteiger partial charge in [0.15, 0.2) is 0 Å². The number of benzene rings is 1. The molecular weight excluding hydrogens is 316 g/mol. The number of halogens is 1. The van der Waals surface area contributed by atoms with Crippen molar-refractivity contribution in [2.75, 3.05) is 6.54 Å². The number of carbonyl (C=O) groups is 1. The minimum atomic E-state index is -0.00942. The molecule has 0 bridgehead atoms. The highest BCUT2D eigenvalue weighted by Gasteiger charge is 2.24. The van der Waals surface area contributed by atoms with Crippen molar-refractivity contribution in [3.8, 4) is 0 Å². The summed E-state index contributed by atoms with van der Waals surface area (Å²) in [5.41, 5.74) is 7.58. The Morgan fingerprint density at radius 1 is 1.40 bits per heavy atom. The SMILES string of the molecule is Cc1c(Br)cccc1C(=O)NC(CN)C1CCCCC1. The summed E-state index contributed by atoms with van der Waals surface area (Å²) < 4.78 is 0.965. The Morgan fingerprint density at radius 3 is 2.75 bits per heavy atom. The van der Waals surface area contributed by atoms with Gasteiger partial charge in [-0.3, -0.25) is 4.79 Å². The number of hydrogen-bond acceptors (Lipinski definition) is 2. The van der Waals surface area contributed by atoms with Gasteiger partial charge < -0.3 is 11.1 Å². The van der Waals surface area contributed by atoms with E-state index in [1.807, 2.05) is 25.1 Å². The van der Waals surface area contributed by atoms with Crippen LogP contribution in [-0.2, 0) is 0 Å². The summed E-state index contributed by atoms with van der Waals surface area (Å²) in [4.78, 5) is 12.4. The fourth-order valence-electron chi connectivity index (χ4n) is 3.01. The lowest BCUT2D eigenvalue weighted by molar-refractivity contribution is 0.0915. The Hall–Kier alpha value is -0.870. The van der Waals surface area contributed by atoms with Crippen molar-refractivity contribution < 1.29 is 4.79 Å². The van der Waals surface area contributed by atoms with E-state index in [0.717, 1.165) is 15.6 Å². The van der Waals surface area contributed by atoms with E-state index < -0.39 is 0 Å². The molecule has 1 aromatic carbocycles. The Kier molecular flexibility index (Phi) is 5.61. The quantitative estimate of drug-likeness (QED) is 0.883. The van der Waals surface area contributed by atoms with E-state index >= 15 is 0 Å². The summed E-state index contributed by atoms with van der Waals surface area (Å²) in [7, 11) is 0. The Labute approximate surface area is 129 Å². The van der Waals surface area contributed by atoms with E-state index in [9.17, 15) is 4.79 Å². The first kappa shape index (κ1) is 15.5. The maximum absolute atomic E-state index is 12.4. The van der Waals surface area contributed by atoms with Crippen LogP contribution < -0.4 is 11.1 Å². The lowest BCUT2D eigenvalue weighted by Gasteiger charge is -2.30. The lowest BCUT2D eigenvalue weighted by Crippen LogP contribution is -2.46. The van der Waals surface area contributed by atoms with Crippen molar-refractivity contribution in [3.63, 3.8) is 0 Å². The minimum absolute atomic E-state index is 0.00942. The lowest BCUT2D eigenvalue weighted by atomic mass is 9.83. The molecule has 0 spiro atoms. The molecule has 2 rings (SSSR count). The van der Waals surface area contributed by atoms with Crippen molar-refractivity contribution in [2.24, 2.45) is 11.7 Å². The van der Waals surface area contributed by atoms with E-state index in [2.05, 4.69) is 21.2 Å². The number of amides is 1. The third kappa shape index (κ3) is 3.61. The van der Waals surface area contributed by atoms with E-state index in [-0.39, 0.29) is 11.9 Å². The molecule has 110 valence electrons. The zero-order valence-corrected chi connectivity index (χ0v) is 13.6. The van der Waals surface area contributed by atoms with Gasteiger partial charge in [0.1, 0.15) is 0 Å². The molecule has 1 amide bonds. The number of hydrogen-bond donors (Lipinski definition) is 2. The van der Waals surface area contributed by atoms with E-state index in [1.54, 1.807) is 0 Å². The van der Waals surface area contributed by atoms with Crippen LogP contribution in [0.1, 0.15) is 48.0 Å². The second kappa shape index (κ2) is 7.23. The van der Waals surface area contributed by atoms with E-state index in [4.69, 9.17) is 5.73 Å². The third-order valence-corrected chi connectivity index (χ3v) is 5.16. The van der Waals surface area contributed by atoms with Crippen LogP contribution in [0.4, 0.5) is 0 Å². The minimum Gasteiger partial charge on any atom is -0.348 e. The van der Waals surface area contributed by atoms with Gasteiger partial charge >= 0.3 is 0 Å². The molecule has 3 nitrogen and oxygen atoms in total. The van der Waals surface area contributed by atoms with Gasteiger partial charge in [-0.25, -0.2) is 0 Å². The van der Waals surface area contributed by atoms with Crippen molar-refractivity contribution in [1.29, 1.82) is 0 Å². The number of nitrogens with two attached hydrogens (primary N) is 1. The fraction of sp³-hybridized carbons (Fsp3) is 0.562. The molecule has 3 N–H and O–H groups in total. The molecule has 0 radical (unpaired) electrons. The predicted molar refractivity (Wildman–Crippen MR) is 85.8 cm³/mol. The van der Waals surface area contributed by atoms with E-state index in [0.29, 0.717) is 12.5 Å². The number of carbonyl (C=O) groups excluding carboxylic acids is 1. The fourth-order valence-corrected chi connectivity index (χ4v) is 3.37. The third-order valence-electron chi connectivity index (χ3n) is 4.30. The summed E-state index contributed by atoms with van der Waals surface area (Å²) in [6.07, 6.45) is 6.19. The standard InChI is InChI=1S/C16H23BrN2O/c1-11-13(8-5-9-14(11)17)16(20)19-15(10-18)12-6-3-2-4-7-12/h5,8-9,12,15H,2-4,6-7,10,18H2,1H3,(H,19,20). The first-order valence-corrected chi connectivity index (χ1v) is 8.19. The molecule has 1 aliphatic rings. The normalized spacial score (nSPS) is 17.8. The molecule has 1 aliphatic carbocycles. The summed E-state index contributed by atoms with van der Waals surface area (Å²) in [6.45, 7) is 2.47. The van der Waals surface area contributed by atoms with Crippen LogP contribution in [0, 0.1) is 12.8 Å². The molecule has 0 aromatic heterocycles. The molecule has 1 unspecified atom stereocenters. The first-order chi connectivity index (χ1) is 9.63. The van der Waals surface area contributed by atoms with Crippen LogP contribution in [0.25, 0.3) is 0 Å². The summed E-state index contributed by atoms with van der Waals surface area (Å²) in [6, 6.07) is 5.81. The molecule has 0 heterocycles. The smallest absolute Gasteiger partial charge is 0.251 e. The van der Waals surface area contributed by atoms with Crippen molar-refractivity contribution in [2.45, 2.75) is 45.1 Å². The van der Waals surface area contributed by atoms with Crippen molar-refractivity contribution in [1.82, 2.24) is 5.32 Å². The highest BCUT2D eigenvalue weighted by molar-refractivity contribution is 9.10. The molecule has 4 heteroatoms. The Balaban J connectivity index is 2.06. The molecule has 1 atom stereocenters. The van der Waals surface area contributed by atoms with Gasteiger partial charge in [0, 0.05) is 22.6 Å². The zero-order chi connectivity index (χ0) is 14.5. The van der Waals surface area contributed by atoms with Gasteiger partial charge in [-0.15, -0.1) is 0 Å². The van der Waals surface area contributed by atoms with Crippen molar-refractivity contribution in [3.05, 3.63) is 33.8 Å². The molecule has 20 heavy (non-hydrogen) atoms. The molecule has 0 saturated heterocycles. The highest BCUT2D eigenvalue weighted by atomic mass is 79.9. The highest BCUT2D eigenvalue weighted by Crippen LogP contribution is 2.26. The monoisotopic (exact) mass is 338 g/mol. The molecule has 1 aromatic rings. The maximum Gasteiger partial charge on any atom is 0.251 e. The number of nitrogens with one attached hydrogen (secondary N) is 1. The Bertz CT molecular complexity index is 470. The first-order valence-electron chi connectivity index (χ1n) is 7.39. The van der Waals surface area contributed by atoms with Crippen LogP contribution in [0.15, 0.2) is 22.7 Å². The van der Waals surface area contributed by atoms with Gasteiger partial charge in [-0.1, -0.05) is 41.3 Å². The second-order valence-corrected chi connectivity index (χ2v) is 6.48. The Morgan fingerprint density at radius 2 is 2.10 bits per heavy atom. The van der Waals surface area contributed by atoms with Gasteiger partial charge in [-0.05, 0) is 43.4 Å². The largest absolute Gasteiger partial charge is 0.348 e. The summed E-state index contributed by atoms with van der Waals surface area (Å²) >= 11 is 3.47.